The topological polar surface area (TPSA) is 60.5 Å². The Balaban J connectivity index is 1.27. The van der Waals surface area contributed by atoms with Crippen molar-refractivity contribution in [1.29, 1.82) is 0 Å². The van der Waals surface area contributed by atoms with Crippen LogP contribution in [-0.4, -0.2) is 44.6 Å². The third-order valence-corrected chi connectivity index (χ3v) is 7.60. The van der Waals surface area contributed by atoms with Gasteiger partial charge in [-0.3, -0.25) is 4.68 Å². The van der Waals surface area contributed by atoms with Gasteiger partial charge in [-0.05, 0) is 74.3 Å². The van der Waals surface area contributed by atoms with Gasteiger partial charge in [0.05, 0.1) is 30.9 Å². The first-order valence-electron chi connectivity index (χ1n) is 11.9. The molecule has 1 aliphatic heterocycles. The van der Waals surface area contributed by atoms with Gasteiger partial charge in [-0.25, -0.2) is 9.50 Å². The molecule has 33 heavy (non-hydrogen) atoms. The maximum atomic E-state index is 5.45. The van der Waals surface area contributed by atoms with Crippen LogP contribution in [0.15, 0.2) is 42.9 Å². The van der Waals surface area contributed by atoms with Crippen LogP contribution >= 0.6 is 0 Å². The van der Waals surface area contributed by atoms with E-state index in [4.69, 9.17) is 9.72 Å². The van der Waals surface area contributed by atoms with Crippen LogP contribution in [0.4, 0.5) is 5.82 Å². The number of benzene rings is 1. The molecule has 1 saturated heterocycles. The van der Waals surface area contributed by atoms with Gasteiger partial charge in [0.1, 0.15) is 11.3 Å². The van der Waals surface area contributed by atoms with E-state index in [9.17, 15) is 0 Å². The number of fused-ring (bicyclic) bond motifs is 2. The van der Waals surface area contributed by atoms with Crippen molar-refractivity contribution in [2.45, 2.75) is 46.1 Å². The molecule has 1 fully saturated rings. The summed E-state index contributed by atoms with van der Waals surface area (Å²) in [5.74, 6) is 2.01. The summed E-state index contributed by atoms with van der Waals surface area (Å²) in [5.41, 5.74) is 7.45. The molecule has 3 aromatic heterocycles. The van der Waals surface area contributed by atoms with Crippen molar-refractivity contribution in [2.75, 3.05) is 25.1 Å². The SMILES string of the molecule is CCn1cc(-c2c(C)nc(N3CCC4(CC3)Cc3ccc(OC)cc3C4)c3ccnn23)cn1. The monoisotopic (exact) mass is 442 g/mol. The second kappa shape index (κ2) is 7.61. The highest BCUT2D eigenvalue weighted by atomic mass is 16.5. The molecule has 4 heterocycles. The Morgan fingerprint density at radius 1 is 1.06 bits per heavy atom. The molecule has 1 spiro atoms. The lowest BCUT2D eigenvalue weighted by atomic mass is 9.76. The van der Waals surface area contributed by atoms with Crippen LogP contribution in [0.3, 0.4) is 0 Å². The third kappa shape index (κ3) is 3.29. The van der Waals surface area contributed by atoms with Gasteiger partial charge in [0.2, 0.25) is 0 Å². The summed E-state index contributed by atoms with van der Waals surface area (Å²) in [6.45, 7) is 7.06. The van der Waals surface area contributed by atoms with E-state index in [-0.39, 0.29) is 0 Å². The molecule has 0 radical (unpaired) electrons. The fourth-order valence-corrected chi connectivity index (χ4v) is 5.78. The molecule has 0 bridgehead atoms. The van der Waals surface area contributed by atoms with Crippen LogP contribution in [0.25, 0.3) is 16.8 Å². The molecular weight excluding hydrogens is 412 g/mol. The largest absolute Gasteiger partial charge is 0.497 e. The summed E-state index contributed by atoms with van der Waals surface area (Å²) < 4.78 is 9.43. The first-order chi connectivity index (χ1) is 16.1. The zero-order chi connectivity index (χ0) is 22.6. The second-order valence-corrected chi connectivity index (χ2v) is 9.56. The van der Waals surface area contributed by atoms with Gasteiger partial charge in [0.25, 0.3) is 0 Å². The summed E-state index contributed by atoms with van der Waals surface area (Å²) in [7, 11) is 1.75. The highest BCUT2D eigenvalue weighted by molar-refractivity contribution is 5.75. The predicted octanol–water partition coefficient (Wildman–Crippen LogP) is 4.32. The van der Waals surface area contributed by atoms with E-state index in [1.54, 1.807) is 7.11 Å². The highest BCUT2D eigenvalue weighted by Crippen LogP contribution is 2.46. The first kappa shape index (κ1) is 20.3. The standard InChI is InChI=1S/C26H30N6O/c1-4-31-17-21(16-28-31)24-18(2)29-25(23-7-10-27-32(23)24)30-11-8-26(9-12-30)14-19-5-6-22(33-3)13-20(19)15-26/h5-7,10,13,16-17H,4,8-9,11-12,14-15H2,1-3H3. The van der Waals surface area contributed by atoms with Gasteiger partial charge in [-0.2, -0.15) is 10.2 Å². The molecule has 7 nitrogen and oxygen atoms in total. The average molecular weight is 443 g/mol. The molecule has 170 valence electrons. The number of ether oxygens (including phenoxy) is 1. The van der Waals surface area contributed by atoms with Crippen molar-refractivity contribution in [3.8, 4) is 17.0 Å². The smallest absolute Gasteiger partial charge is 0.155 e. The number of nitrogens with zero attached hydrogens (tertiary/aromatic N) is 6. The molecular formula is C26H30N6O. The van der Waals surface area contributed by atoms with Crippen LogP contribution in [0, 0.1) is 12.3 Å². The molecule has 0 N–H and O–H groups in total. The zero-order valence-corrected chi connectivity index (χ0v) is 19.6. The average Bonchev–Trinajstić information content (AvgIpc) is 3.57. The van der Waals surface area contributed by atoms with Gasteiger partial charge in [-0.15, -0.1) is 0 Å². The minimum atomic E-state index is 0.367. The molecule has 0 saturated carbocycles. The van der Waals surface area contributed by atoms with Crippen molar-refractivity contribution in [3.63, 3.8) is 0 Å². The summed E-state index contributed by atoms with van der Waals surface area (Å²) in [6, 6.07) is 8.67. The molecule has 2 aliphatic rings. The Morgan fingerprint density at radius 3 is 2.64 bits per heavy atom. The zero-order valence-electron chi connectivity index (χ0n) is 19.6. The van der Waals surface area contributed by atoms with Crippen LogP contribution in [0.1, 0.15) is 36.6 Å². The number of methoxy groups -OCH3 is 1. The van der Waals surface area contributed by atoms with E-state index in [1.165, 1.54) is 30.4 Å². The summed E-state index contributed by atoms with van der Waals surface area (Å²) in [4.78, 5) is 7.55. The molecule has 1 aromatic carbocycles. The number of anilines is 1. The maximum Gasteiger partial charge on any atom is 0.155 e. The maximum absolute atomic E-state index is 5.45. The van der Waals surface area contributed by atoms with Crippen LogP contribution < -0.4 is 9.64 Å². The lowest BCUT2D eigenvalue weighted by molar-refractivity contribution is 0.232. The Hall–Kier alpha value is -3.35. The number of aryl methyl sites for hydroxylation is 2. The first-order valence-corrected chi connectivity index (χ1v) is 11.9. The second-order valence-electron chi connectivity index (χ2n) is 9.56. The molecule has 7 heteroatoms. The number of hydrogen-bond donors (Lipinski definition) is 0. The van der Waals surface area contributed by atoms with Crippen LogP contribution in [0.2, 0.25) is 0 Å². The predicted molar refractivity (Wildman–Crippen MR) is 129 cm³/mol. The minimum absolute atomic E-state index is 0.367. The van der Waals surface area contributed by atoms with Gasteiger partial charge >= 0.3 is 0 Å². The number of hydrogen-bond acceptors (Lipinski definition) is 5. The third-order valence-electron chi connectivity index (χ3n) is 7.60. The Bertz CT molecular complexity index is 1330. The highest BCUT2D eigenvalue weighted by Gasteiger charge is 2.40. The molecule has 1 aliphatic carbocycles. The van der Waals surface area contributed by atoms with E-state index < -0.39 is 0 Å². The molecule has 0 atom stereocenters. The fourth-order valence-electron chi connectivity index (χ4n) is 5.78. The lowest BCUT2D eigenvalue weighted by Crippen LogP contribution is -2.41. The van der Waals surface area contributed by atoms with Crippen molar-refractivity contribution in [3.05, 3.63) is 59.7 Å². The van der Waals surface area contributed by atoms with Crippen LogP contribution in [0.5, 0.6) is 5.75 Å². The molecule has 4 aromatic rings. The van der Waals surface area contributed by atoms with Gasteiger partial charge in [0, 0.05) is 31.4 Å². The molecule has 6 rings (SSSR count). The van der Waals surface area contributed by atoms with E-state index in [0.717, 1.165) is 60.1 Å². The summed E-state index contributed by atoms with van der Waals surface area (Å²) in [5, 5.41) is 9.12. The Kier molecular flexibility index (Phi) is 4.67. The van der Waals surface area contributed by atoms with Crippen molar-refractivity contribution < 1.29 is 4.74 Å². The van der Waals surface area contributed by atoms with Gasteiger partial charge in [0.15, 0.2) is 5.82 Å². The van der Waals surface area contributed by atoms with Crippen molar-refractivity contribution in [2.24, 2.45) is 5.41 Å². The van der Waals surface area contributed by atoms with E-state index >= 15 is 0 Å². The normalized spacial score (nSPS) is 17.1. The minimum Gasteiger partial charge on any atom is -0.497 e. The van der Waals surface area contributed by atoms with Gasteiger partial charge < -0.3 is 9.64 Å². The van der Waals surface area contributed by atoms with E-state index in [2.05, 4.69) is 59.4 Å². The number of rotatable bonds is 4. The summed E-state index contributed by atoms with van der Waals surface area (Å²) >= 11 is 0. The Labute approximate surface area is 194 Å². The number of piperidine rings is 1. The Morgan fingerprint density at radius 2 is 1.88 bits per heavy atom. The lowest BCUT2D eigenvalue weighted by Gasteiger charge is -2.40. The van der Waals surface area contributed by atoms with Crippen LogP contribution in [-0.2, 0) is 19.4 Å². The molecule has 0 unspecified atom stereocenters. The van der Waals surface area contributed by atoms with Crippen molar-refractivity contribution >= 4 is 11.3 Å². The fraction of sp³-hybridized carbons (Fsp3) is 0.423. The molecule has 0 amide bonds. The van der Waals surface area contributed by atoms with Gasteiger partial charge in [-0.1, -0.05) is 6.07 Å². The quantitative estimate of drug-likeness (QED) is 0.471. The van der Waals surface area contributed by atoms with E-state index in [1.807, 2.05) is 21.6 Å². The summed E-state index contributed by atoms with van der Waals surface area (Å²) in [6.07, 6.45) is 10.5. The van der Waals surface area contributed by atoms with E-state index in [0.29, 0.717) is 5.41 Å². The van der Waals surface area contributed by atoms with Crippen molar-refractivity contribution in [1.82, 2.24) is 24.4 Å². The number of aromatic nitrogens is 5.